The fourth-order valence-corrected chi connectivity index (χ4v) is 1.51. The Morgan fingerprint density at radius 1 is 1.44 bits per heavy atom. The zero-order valence-electron chi connectivity index (χ0n) is 5.47. The van der Waals surface area contributed by atoms with E-state index in [4.69, 9.17) is 4.74 Å². The van der Waals surface area contributed by atoms with Crippen LogP contribution in [0.5, 0.6) is 0 Å². The highest BCUT2D eigenvalue weighted by Gasteiger charge is 2.48. The van der Waals surface area contributed by atoms with E-state index in [1.54, 1.807) is 0 Å². The number of carbonyl (C=O) groups is 1. The molecular weight excluding hydrogens is 116 g/mol. The van der Waals surface area contributed by atoms with E-state index in [-0.39, 0.29) is 12.1 Å². The van der Waals surface area contributed by atoms with Crippen LogP contribution in [0, 0.1) is 5.92 Å². The molecule has 0 N–H and O–H groups in total. The topological polar surface area (TPSA) is 26.3 Å². The van der Waals surface area contributed by atoms with Crippen LogP contribution < -0.4 is 0 Å². The quantitative estimate of drug-likeness (QED) is 0.448. The molecule has 1 aliphatic heterocycles. The fraction of sp³-hybridized carbons (Fsp3) is 0.571. The summed E-state index contributed by atoms with van der Waals surface area (Å²) in [7, 11) is 0. The minimum absolute atomic E-state index is 0.0718. The molecule has 0 amide bonds. The maximum Gasteiger partial charge on any atom is 0.335 e. The van der Waals surface area contributed by atoms with E-state index in [1.165, 1.54) is 5.57 Å². The van der Waals surface area contributed by atoms with Crippen molar-refractivity contribution >= 4 is 5.97 Å². The zero-order valence-corrected chi connectivity index (χ0v) is 5.47. The molecule has 0 aromatic rings. The largest absolute Gasteiger partial charge is 0.455 e. The number of hydrogen-bond donors (Lipinski definition) is 0. The van der Waals surface area contributed by atoms with E-state index in [9.17, 15) is 4.79 Å². The van der Waals surface area contributed by atoms with Gasteiger partial charge in [-0.15, -0.1) is 0 Å². The second-order valence-corrected chi connectivity index (χ2v) is 2.64. The predicted molar refractivity (Wildman–Crippen MR) is 31.7 cm³/mol. The van der Waals surface area contributed by atoms with Crippen LogP contribution in [0.15, 0.2) is 11.1 Å². The Hall–Kier alpha value is -0.790. The Labute approximate surface area is 53.5 Å². The number of rotatable bonds is 0. The highest BCUT2D eigenvalue weighted by molar-refractivity contribution is 5.99. The van der Waals surface area contributed by atoms with Gasteiger partial charge in [0.15, 0.2) is 0 Å². The summed E-state index contributed by atoms with van der Waals surface area (Å²) in [6.07, 6.45) is 0.0718. The lowest BCUT2D eigenvalue weighted by atomic mass is 10.2. The van der Waals surface area contributed by atoms with Gasteiger partial charge in [0.05, 0.1) is 0 Å². The van der Waals surface area contributed by atoms with E-state index in [2.05, 4.69) is 0 Å². The van der Waals surface area contributed by atoms with Crippen LogP contribution in [0.1, 0.15) is 13.8 Å². The van der Waals surface area contributed by atoms with Crippen molar-refractivity contribution in [2.24, 2.45) is 5.92 Å². The zero-order chi connectivity index (χ0) is 6.59. The SMILES string of the molecule is CC1OC(=O)C2=C1C2C. The van der Waals surface area contributed by atoms with Gasteiger partial charge in [-0.05, 0) is 12.5 Å². The van der Waals surface area contributed by atoms with E-state index in [0.717, 1.165) is 5.57 Å². The second-order valence-electron chi connectivity index (χ2n) is 2.64. The standard InChI is InChI=1S/C7H8O2/c1-3-5-4(2)9-7(8)6(3)5/h3-4H,1-2H3. The summed E-state index contributed by atoms with van der Waals surface area (Å²) in [6.45, 7) is 3.96. The molecule has 48 valence electrons. The van der Waals surface area contributed by atoms with Crippen molar-refractivity contribution in [2.45, 2.75) is 20.0 Å². The molecule has 0 spiro atoms. The minimum atomic E-state index is -0.0926. The Bertz CT molecular complexity index is 215. The van der Waals surface area contributed by atoms with E-state index in [1.807, 2.05) is 13.8 Å². The molecule has 0 aromatic heterocycles. The summed E-state index contributed by atoms with van der Waals surface area (Å²) in [5, 5.41) is 0. The van der Waals surface area contributed by atoms with Crippen LogP contribution in [0.4, 0.5) is 0 Å². The first-order valence-electron chi connectivity index (χ1n) is 3.16. The van der Waals surface area contributed by atoms with Crippen molar-refractivity contribution in [3.63, 3.8) is 0 Å². The molecule has 2 rings (SSSR count). The molecule has 2 aliphatic rings. The number of esters is 1. The highest BCUT2D eigenvalue weighted by Crippen LogP contribution is 2.47. The van der Waals surface area contributed by atoms with Crippen molar-refractivity contribution in [1.29, 1.82) is 0 Å². The van der Waals surface area contributed by atoms with Crippen LogP contribution in [-0.2, 0) is 9.53 Å². The summed E-state index contributed by atoms with van der Waals surface area (Å²) < 4.78 is 4.88. The summed E-state index contributed by atoms with van der Waals surface area (Å²) in [5.74, 6) is 0.339. The van der Waals surface area contributed by atoms with Crippen molar-refractivity contribution in [1.82, 2.24) is 0 Å². The van der Waals surface area contributed by atoms with Gasteiger partial charge in [-0.3, -0.25) is 0 Å². The Kier molecular flexibility index (Phi) is 0.672. The molecule has 1 heterocycles. The molecule has 0 bridgehead atoms. The molecule has 2 atom stereocenters. The molecule has 0 fully saturated rings. The maximum atomic E-state index is 10.8. The number of cyclic esters (lactones) is 1. The average molecular weight is 124 g/mol. The first-order chi connectivity index (χ1) is 4.22. The predicted octanol–water partition coefficient (Wildman–Crippen LogP) is 0.878. The third-order valence-corrected chi connectivity index (χ3v) is 2.07. The smallest absolute Gasteiger partial charge is 0.335 e. The van der Waals surface area contributed by atoms with Crippen LogP contribution in [0.2, 0.25) is 0 Å². The van der Waals surface area contributed by atoms with Crippen molar-refractivity contribution in [3.8, 4) is 0 Å². The minimum Gasteiger partial charge on any atom is -0.455 e. The molecular formula is C7H8O2. The molecule has 1 aliphatic carbocycles. The van der Waals surface area contributed by atoms with Crippen molar-refractivity contribution in [3.05, 3.63) is 11.1 Å². The van der Waals surface area contributed by atoms with Gasteiger partial charge in [-0.2, -0.15) is 0 Å². The molecule has 0 saturated carbocycles. The van der Waals surface area contributed by atoms with Gasteiger partial charge in [0.25, 0.3) is 0 Å². The first-order valence-corrected chi connectivity index (χ1v) is 3.16. The maximum absolute atomic E-state index is 10.8. The van der Waals surface area contributed by atoms with Gasteiger partial charge in [-0.25, -0.2) is 4.79 Å². The van der Waals surface area contributed by atoms with Gasteiger partial charge in [0, 0.05) is 11.5 Å². The van der Waals surface area contributed by atoms with Crippen molar-refractivity contribution < 1.29 is 9.53 Å². The van der Waals surface area contributed by atoms with Crippen LogP contribution in [0.25, 0.3) is 0 Å². The van der Waals surface area contributed by atoms with Gasteiger partial charge >= 0.3 is 5.97 Å². The van der Waals surface area contributed by atoms with E-state index >= 15 is 0 Å². The molecule has 2 heteroatoms. The van der Waals surface area contributed by atoms with Crippen LogP contribution in [-0.4, -0.2) is 12.1 Å². The average Bonchev–Trinajstić information content (AvgIpc) is 2.30. The lowest BCUT2D eigenvalue weighted by Crippen LogP contribution is -2.12. The summed E-state index contributed by atoms with van der Waals surface area (Å²) in [5.41, 5.74) is 2.16. The van der Waals surface area contributed by atoms with E-state index < -0.39 is 0 Å². The van der Waals surface area contributed by atoms with Gasteiger partial charge in [0.1, 0.15) is 6.10 Å². The van der Waals surface area contributed by atoms with Gasteiger partial charge < -0.3 is 4.74 Å². The Balaban J connectivity index is 2.31. The summed E-state index contributed by atoms with van der Waals surface area (Å²) >= 11 is 0. The van der Waals surface area contributed by atoms with E-state index in [0.29, 0.717) is 5.92 Å². The Morgan fingerprint density at radius 3 is 2.33 bits per heavy atom. The fourth-order valence-electron chi connectivity index (χ4n) is 1.51. The van der Waals surface area contributed by atoms with Crippen molar-refractivity contribution in [2.75, 3.05) is 0 Å². The molecule has 0 saturated heterocycles. The second kappa shape index (κ2) is 1.20. The highest BCUT2D eigenvalue weighted by atomic mass is 16.5. The number of carbonyl (C=O) groups excluding carboxylic acids is 1. The number of hydrogen-bond acceptors (Lipinski definition) is 2. The molecule has 2 nitrogen and oxygen atoms in total. The van der Waals surface area contributed by atoms with Gasteiger partial charge in [-0.1, -0.05) is 6.92 Å². The number of ether oxygens (including phenoxy) is 1. The molecule has 0 radical (unpaired) electrons. The van der Waals surface area contributed by atoms with Crippen LogP contribution >= 0.6 is 0 Å². The Morgan fingerprint density at radius 2 is 2.11 bits per heavy atom. The normalized spacial score (nSPS) is 38.7. The third-order valence-electron chi connectivity index (χ3n) is 2.07. The molecule has 0 aromatic carbocycles. The summed E-state index contributed by atoms with van der Waals surface area (Å²) in [4.78, 5) is 10.8. The lowest BCUT2D eigenvalue weighted by molar-refractivity contribution is -0.140. The van der Waals surface area contributed by atoms with Gasteiger partial charge in [0.2, 0.25) is 0 Å². The molecule has 2 unspecified atom stereocenters. The summed E-state index contributed by atoms with van der Waals surface area (Å²) in [6, 6.07) is 0. The van der Waals surface area contributed by atoms with Crippen LogP contribution in [0.3, 0.4) is 0 Å². The monoisotopic (exact) mass is 124 g/mol. The molecule has 9 heavy (non-hydrogen) atoms. The lowest BCUT2D eigenvalue weighted by Gasteiger charge is -2.07. The first kappa shape index (κ1) is 5.03. The third kappa shape index (κ3) is 0.435.